The molecule has 1 aliphatic rings. The van der Waals surface area contributed by atoms with E-state index in [9.17, 15) is 0 Å². The smallest absolute Gasteiger partial charge is 0.0442 e. The van der Waals surface area contributed by atoms with Gasteiger partial charge in [0.2, 0.25) is 0 Å². The van der Waals surface area contributed by atoms with Gasteiger partial charge in [-0.25, -0.2) is 0 Å². The number of alkyl halides is 1. The van der Waals surface area contributed by atoms with Gasteiger partial charge in [0, 0.05) is 24.7 Å². The lowest BCUT2D eigenvalue weighted by atomic mass is 10.1. The highest BCUT2D eigenvalue weighted by molar-refractivity contribution is 6.18. The lowest BCUT2D eigenvalue weighted by Gasteiger charge is -2.27. The maximum Gasteiger partial charge on any atom is 0.0442 e. The van der Waals surface area contributed by atoms with Crippen LogP contribution in [0.3, 0.4) is 0 Å². The summed E-state index contributed by atoms with van der Waals surface area (Å²) in [7, 11) is 0. The van der Waals surface area contributed by atoms with Gasteiger partial charge in [0.25, 0.3) is 0 Å². The zero-order valence-electron chi connectivity index (χ0n) is 7.41. The van der Waals surface area contributed by atoms with Crippen molar-refractivity contribution < 1.29 is 0 Å². The fourth-order valence-corrected chi connectivity index (χ4v) is 1.84. The molecule has 0 fully saturated rings. The molecule has 0 bridgehead atoms. The molecular formula is C11H12ClN. The Kier molecular flexibility index (Phi) is 2.55. The first-order chi connectivity index (χ1) is 6.42. The number of para-hydroxylation sites is 1. The maximum absolute atomic E-state index is 5.74. The topological polar surface area (TPSA) is 3.24 Å². The average Bonchev–Trinajstić information content (AvgIpc) is 2.19. The zero-order valence-corrected chi connectivity index (χ0v) is 8.17. The summed E-state index contributed by atoms with van der Waals surface area (Å²) >= 11 is 5.74. The molecule has 0 N–H and O–H groups in total. The Balaban J connectivity index is 2.32. The van der Waals surface area contributed by atoms with Crippen LogP contribution in [0, 0.1) is 0 Å². The molecule has 0 aromatic heterocycles. The van der Waals surface area contributed by atoms with Gasteiger partial charge >= 0.3 is 0 Å². The van der Waals surface area contributed by atoms with E-state index in [0.29, 0.717) is 5.88 Å². The molecule has 0 unspecified atom stereocenters. The standard InChI is InChI=1S/C11H12ClN/c12-7-9-13-8-3-5-10-4-1-2-6-11(10)13/h1-6H,7-9H2. The van der Waals surface area contributed by atoms with Gasteiger partial charge < -0.3 is 4.90 Å². The van der Waals surface area contributed by atoms with Crippen molar-refractivity contribution in [2.45, 2.75) is 0 Å². The number of benzene rings is 1. The predicted molar refractivity (Wildman–Crippen MR) is 58.4 cm³/mol. The molecular weight excluding hydrogens is 182 g/mol. The van der Waals surface area contributed by atoms with Crippen molar-refractivity contribution in [1.82, 2.24) is 0 Å². The molecule has 2 heteroatoms. The molecule has 0 aliphatic carbocycles. The third-order valence-corrected chi connectivity index (χ3v) is 2.42. The van der Waals surface area contributed by atoms with Gasteiger partial charge in [-0.15, -0.1) is 11.6 Å². The summed E-state index contributed by atoms with van der Waals surface area (Å²) in [5.41, 5.74) is 2.59. The highest BCUT2D eigenvalue weighted by Crippen LogP contribution is 2.24. The molecule has 0 amide bonds. The highest BCUT2D eigenvalue weighted by atomic mass is 35.5. The van der Waals surface area contributed by atoms with E-state index in [1.807, 2.05) is 0 Å². The van der Waals surface area contributed by atoms with Crippen LogP contribution in [0.25, 0.3) is 6.08 Å². The number of anilines is 1. The number of rotatable bonds is 2. The van der Waals surface area contributed by atoms with Crippen LogP contribution in [0.1, 0.15) is 5.56 Å². The summed E-state index contributed by atoms with van der Waals surface area (Å²) in [5.74, 6) is 0.683. The average molecular weight is 194 g/mol. The van der Waals surface area contributed by atoms with Gasteiger partial charge in [0.15, 0.2) is 0 Å². The van der Waals surface area contributed by atoms with E-state index in [0.717, 1.165) is 13.1 Å². The third kappa shape index (κ3) is 1.70. The SMILES string of the molecule is ClCCN1CC=Cc2ccccc21. The summed E-state index contributed by atoms with van der Waals surface area (Å²) < 4.78 is 0. The second kappa shape index (κ2) is 3.84. The largest absolute Gasteiger partial charge is 0.366 e. The molecule has 1 aromatic rings. The summed E-state index contributed by atoms with van der Waals surface area (Å²) in [5, 5.41) is 0. The molecule has 68 valence electrons. The summed E-state index contributed by atoms with van der Waals surface area (Å²) in [6, 6.07) is 8.41. The third-order valence-electron chi connectivity index (χ3n) is 2.26. The number of halogens is 1. The summed E-state index contributed by atoms with van der Waals surface area (Å²) in [6.07, 6.45) is 4.34. The van der Waals surface area contributed by atoms with Crippen LogP contribution in [0.4, 0.5) is 5.69 Å². The molecule has 0 radical (unpaired) electrons. The van der Waals surface area contributed by atoms with Crippen LogP contribution < -0.4 is 4.90 Å². The quantitative estimate of drug-likeness (QED) is 0.653. The molecule has 1 aliphatic heterocycles. The minimum Gasteiger partial charge on any atom is -0.366 e. The van der Waals surface area contributed by atoms with Crippen molar-refractivity contribution in [1.29, 1.82) is 0 Å². The van der Waals surface area contributed by atoms with Gasteiger partial charge in [0.05, 0.1) is 0 Å². The predicted octanol–water partition coefficient (Wildman–Crippen LogP) is 2.76. The Bertz CT molecular complexity index is 320. The number of hydrogen-bond donors (Lipinski definition) is 0. The lowest BCUT2D eigenvalue weighted by Crippen LogP contribution is -2.27. The van der Waals surface area contributed by atoms with Gasteiger partial charge in [-0.2, -0.15) is 0 Å². The molecule has 1 aromatic carbocycles. The Morgan fingerprint density at radius 1 is 1.31 bits per heavy atom. The van der Waals surface area contributed by atoms with Crippen molar-refractivity contribution in [3.05, 3.63) is 35.9 Å². The fraction of sp³-hybridized carbons (Fsp3) is 0.273. The lowest BCUT2D eigenvalue weighted by molar-refractivity contribution is 0.903. The van der Waals surface area contributed by atoms with E-state index >= 15 is 0 Å². The van der Waals surface area contributed by atoms with E-state index in [1.165, 1.54) is 11.3 Å². The zero-order chi connectivity index (χ0) is 9.10. The fourth-order valence-electron chi connectivity index (χ4n) is 1.64. The van der Waals surface area contributed by atoms with E-state index in [4.69, 9.17) is 11.6 Å². The van der Waals surface area contributed by atoms with Gasteiger partial charge in [-0.1, -0.05) is 30.4 Å². The van der Waals surface area contributed by atoms with Crippen LogP contribution in [0.15, 0.2) is 30.3 Å². The van der Waals surface area contributed by atoms with Crippen molar-refractivity contribution in [2.24, 2.45) is 0 Å². The van der Waals surface area contributed by atoms with Crippen LogP contribution in [-0.4, -0.2) is 19.0 Å². The van der Waals surface area contributed by atoms with Crippen molar-refractivity contribution >= 4 is 23.4 Å². The van der Waals surface area contributed by atoms with Gasteiger partial charge in [-0.3, -0.25) is 0 Å². The van der Waals surface area contributed by atoms with Crippen molar-refractivity contribution in [3.8, 4) is 0 Å². The van der Waals surface area contributed by atoms with E-state index in [-0.39, 0.29) is 0 Å². The van der Waals surface area contributed by atoms with Gasteiger partial charge in [0.1, 0.15) is 0 Å². The van der Waals surface area contributed by atoms with Crippen LogP contribution >= 0.6 is 11.6 Å². The second-order valence-electron chi connectivity index (χ2n) is 3.10. The second-order valence-corrected chi connectivity index (χ2v) is 3.47. The molecule has 13 heavy (non-hydrogen) atoms. The first-order valence-electron chi connectivity index (χ1n) is 4.48. The Morgan fingerprint density at radius 3 is 3.00 bits per heavy atom. The van der Waals surface area contributed by atoms with Crippen LogP contribution in [-0.2, 0) is 0 Å². The van der Waals surface area contributed by atoms with Gasteiger partial charge in [-0.05, 0) is 11.6 Å². The molecule has 0 spiro atoms. The molecule has 2 rings (SSSR count). The van der Waals surface area contributed by atoms with Crippen molar-refractivity contribution in [3.63, 3.8) is 0 Å². The van der Waals surface area contributed by atoms with Crippen LogP contribution in [0.2, 0.25) is 0 Å². The first kappa shape index (κ1) is 8.64. The minimum atomic E-state index is 0.683. The van der Waals surface area contributed by atoms with E-state index in [2.05, 4.69) is 41.3 Å². The normalized spacial score (nSPS) is 14.4. The molecule has 1 heterocycles. The number of fused-ring (bicyclic) bond motifs is 1. The molecule has 1 nitrogen and oxygen atoms in total. The molecule has 0 saturated heterocycles. The van der Waals surface area contributed by atoms with E-state index < -0.39 is 0 Å². The molecule has 0 saturated carbocycles. The Hall–Kier alpha value is -0.950. The van der Waals surface area contributed by atoms with E-state index in [1.54, 1.807) is 0 Å². The summed E-state index contributed by atoms with van der Waals surface area (Å²) in [6.45, 7) is 1.90. The molecule has 0 atom stereocenters. The maximum atomic E-state index is 5.74. The highest BCUT2D eigenvalue weighted by Gasteiger charge is 2.10. The monoisotopic (exact) mass is 193 g/mol. The Labute approximate surface area is 83.6 Å². The first-order valence-corrected chi connectivity index (χ1v) is 5.02. The van der Waals surface area contributed by atoms with Crippen molar-refractivity contribution in [2.75, 3.05) is 23.9 Å². The number of nitrogens with zero attached hydrogens (tertiary/aromatic N) is 1. The minimum absolute atomic E-state index is 0.683. The van der Waals surface area contributed by atoms with Crippen LogP contribution in [0.5, 0.6) is 0 Å². The Morgan fingerprint density at radius 2 is 2.15 bits per heavy atom. The summed E-state index contributed by atoms with van der Waals surface area (Å²) in [4.78, 5) is 2.29. The number of hydrogen-bond acceptors (Lipinski definition) is 1.